The van der Waals surface area contributed by atoms with Gasteiger partial charge in [0.05, 0.1) is 0 Å². The van der Waals surface area contributed by atoms with Crippen LogP contribution in [-0.2, 0) is 13.2 Å². The Kier molecular flexibility index (Phi) is 6.02. The molecule has 106 valence electrons. The first kappa shape index (κ1) is 15.0. The number of pyridine rings is 1. The molecule has 3 nitrogen and oxygen atoms in total. The van der Waals surface area contributed by atoms with Crippen molar-refractivity contribution < 1.29 is 4.74 Å². The van der Waals surface area contributed by atoms with E-state index in [0.717, 1.165) is 35.3 Å². The maximum Gasteiger partial charge on any atom is 0.119 e. The lowest BCUT2D eigenvalue weighted by atomic mass is 10.2. The van der Waals surface area contributed by atoms with Gasteiger partial charge in [0.25, 0.3) is 0 Å². The first-order chi connectivity index (χ1) is 9.78. The van der Waals surface area contributed by atoms with Crippen molar-refractivity contribution in [3.05, 3.63) is 58.3 Å². The third kappa shape index (κ3) is 4.94. The summed E-state index contributed by atoms with van der Waals surface area (Å²) >= 11 is 3.40. The van der Waals surface area contributed by atoms with Crippen LogP contribution < -0.4 is 10.1 Å². The summed E-state index contributed by atoms with van der Waals surface area (Å²) in [6, 6.07) is 10.2. The minimum Gasteiger partial charge on any atom is -0.489 e. The Morgan fingerprint density at radius 3 is 2.65 bits per heavy atom. The Bertz CT molecular complexity index is 528. The highest BCUT2D eigenvalue weighted by Crippen LogP contribution is 2.15. The van der Waals surface area contributed by atoms with Gasteiger partial charge in [0, 0.05) is 29.0 Å². The molecule has 0 saturated heterocycles. The van der Waals surface area contributed by atoms with Gasteiger partial charge in [-0.2, -0.15) is 0 Å². The second kappa shape index (κ2) is 8.02. The lowest BCUT2D eigenvalue weighted by molar-refractivity contribution is 0.305. The molecule has 0 aliphatic heterocycles. The number of ether oxygens (including phenoxy) is 1. The lowest BCUT2D eigenvalue weighted by Crippen LogP contribution is -2.13. The largest absolute Gasteiger partial charge is 0.489 e. The standard InChI is InChI=1S/C16H19BrN2O/c1-2-7-18-9-13-3-5-16(6-4-13)20-12-14-8-15(17)11-19-10-14/h3-6,8,10-11,18H,2,7,9,12H2,1H3. The first-order valence-corrected chi connectivity index (χ1v) is 7.59. The highest BCUT2D eigenvalue weighted by molar-refractivity contribution is 9.10. The van der Waals surface area contributed by atoms with E-state index in [0.29, 0.717) is 6.61 Å². The fourth-order valence-corrected chi connectivity index (χ4v) is 2.23. The van der Waals surface area contributed by atoms with Gasteiger partial charge in [-0.3, -0.25) is 4.98 Å². The molecule has 0 radical (unpaired) electrons. The maximum absolute atomic E-state index is 5.75. The van der Waals surface area contributed by atoms with E-state index in [1.54, 1.807) is 6.20 Å². The van der Waals surface area contributed by atoms with Gasteiger partial charge in [0.15, 0.2) is 0 Å². The van der Waals surface area contributed by atoms with Gasteiger partial charge in [0.1, 0.15) is 12.4 Å². The minimum absolute atomic E-state index is 0.528. The van der Waals surface area contributed by atoms with Crippen LogP contribution in [0.4, 0.5) is 0 Å². The molecule has 1 heterocycles. The average molecular weight is 335 g/mol. The van der Waals surface area contributed by atoms with Crippen molar-refractivity contribution in [1.29, 1.82) is 0 Å². The smallest absolute Gasteiger partial charge is 0.119 e. The van der Waals surface area contributed by atoms with Crippen LogP contribution >= 0.6 is 15.9 Å². The minimum atomic E-state index is 0.528. The Morgan fingerprint density at radius 2 is 1.95 bits per heavy atom. The molecule has 0 unspecified atom stereocenters. The van der Waals surface area contributed by atoms with Crippen molar-refractivity contribution in [1.82, 2.24) is 10.3 Å². The molecule has 1 aromatic carbocycles. The van der Waals surface area contributed by atoms with Crippen molar-refractivity contribution in [3.8, 4) is 5.75 Å². The summed E-state index contributed by atoms with van der Waals surface area (Å²) < 4.78 is 6.71. The van der Waals surface area contributed by atoms with E-state index >= 15 is 0 Å². The molecule has 20 heavy (non-hydrogen) atoms. The summed E-state index contributed by atoms with van der Waals surface area (Å²) in [6.45, 7) is 4.65. The Morgan fingerprint density at radius 1 is 1.15 bits per heavy atom. The Hall–Kier alpha value is -1.39. The zero-order chi connectivity index (χ0) is 14.2. The molecular weight excluding hydrogens is 316 g/mol. The number of hydrogen-bond donors (Lipinski definition) is 1. The molecule has 2 rings (SSSR count). The summed E-state index contributed by atoms with van der Waals surface area (Å²) in [4.78, 5) is 4.12. The van der Waals surface area contributed by atoms with Gasteiger partial charge in [-0.25, -0.2) is 0 Å². The van der Waals surface area contributed by atoms with Crippen molar-refractivity contribution >= 4 is 15.9 Å². The number of rotatable bonds is 7. The van der Waals surface area contributed by atoms with Crippen LogP contribution in [0, 0.1) is 0 Å². The predicted molar refractivity (Wildman–Crippen MR) is 84.7 cm³/mol. The van der Waals surface area contributed by atoms with Crippen LogP contribution in [0.2, 0.25) is 0 Å². The quantitative estimate of drug-likeness (QED) is 0.779. The average Bonchev–Trinajstić information content (AvgIpc) is 2.47. The molecule has 0 aliphatic carbocycles. The normalized spacial score (nSPS) is 10.5. The highest BCUT2D eigenvalue weighted by Gasteiger charge is 1.98. The van der Waals surface area contributed by atoms with E-state index in [1.807, 2.05) is 24.4 Å². The van der Waals surface area contributed by atoms with Crippen molar-refractivity contribution in [2.45, 2.75) is 26.5 Å². The van der Waals surface area contributed by atoms with E-state index < -0.39 is 0 Å². The van der Waals surface area contributed by atoms with Gasteiger partial charge >= 0.3 is 0 Å². The summed E-state index contributed by atoms with van der Waals surface area (Å²) in [7, 11) is 0. The third-order valence-corrected chi connectivity index (χ3v) is 3.28. The SMILES string of the molecule is CCCNCc1ccc(OCc2cncc(Br)c2)cc1. The highest BCUT2D eigenvalue weighted by atomic mass is 79.9. The molecule has 0 aliphatic rings. The summed E-state index contributed by atoms with van der Waals surface area (Å²) in [5.41, 5.74) is 2.32. The zero-order valence-corrected chi connectivity index (χ0v) is 13.2. The van der Waals surface area contributed by atoms with E-state index in [-0.39, 0.29) is 0 Å². The number of hydrogen-bond acceptors (Lipinski definition) is 3. The van der Waals surface area contributed by atoms with Gasteiger partial charge < -0.3 is 10.1 Å². The second-order valence-corrected chi connectivity index (χ2v) is 5.54. The monoisotopic (exact) mass is 334 g/mol. The second-order valence-electron chi connectivity index (χ2n) is 4.62. The van der Waals surface area contributed by atoms with Crippen LogP contribution in [0.1, 0.15) is 24.5 Å². The molecular formula is C16H19BrN2O. The topological polar surface area (TPSA) is 34.1 Å². The van der Waals surface area contributed by atoms with Crippen molar-refractivity contribution in [2.24, 2.45) is 0 Å². The first-order valence-electron chi connectivity index (χ1n) is 6.80. The predicted octanol–water partition coefficient (Wildman–Crippen LogP) is 3.92. The molecule has 4 heteroatoms. The van der Waals surface area contributed by atoms with Gasteiger partial charge in [0.2, 0.25) is 0 Å². The fourth-order valence-electron chi connectivity index (χ4n) is 1.81. The molecule has 0 spiro atoms. The Labute approximate surface area is 128 Å². The van der Waals surface area contributed by atoms with E-state index in [4.69, 9.17) is 4.74 Å². The van der Waals surface area contributed by atoms with Crippen LogP contribution in [0.15, 0.2) is 47.2 Å². The van der Waals surface area contributed by atoms with Crippen molar-refractivity contribution in [2.75, 3.05) is 6.54 Å². The van der Waals surface area contributed by atoms with Gasteiger partial charge in [-0.05, 0) is 52.7 Å². The van der Waals surface area contributed by atoms with Crippen molar-refractivity contribution in [3.63, 3.8) is 0 Å². The number of nitrogens with zero attached hydrogens (tertiary/aromatic N) is 1. The summed E-state index contributed by atoms with van der Waals surface area (Å²) in [5, 5.41) is 3.38. The molecule has 1 aromatic heterocycles. The molecule has 0 amide bonds. The molecule has 1 N–H and O–H groups in total. The zero-order valence-electron chi connectivity index (χ0n) is 11.6. The fraction of sp³-hybridized carbons (Fsp3) is 0.312. The third-order valence-electron chi connectivity index (χ3n) is 2.85. The maximum atomic E-state index is 5.75. The summed E-state index contributed by atoms with van der Waals surface area (Å²) in [6.07, 6.45) is 4.73. The Balaban J connectivity index is 1.84. The van der Waals surface area contributed by atoms with E-state index in [1.165, 1.54) is 5.56 Å². The van der Waals surface area contributed by atoms with Crippen LogP contribution in [0.5, 0.6) is 5.75 Å². The van der Waals surface area contributed by atoms with E-state index in [2.05, 4.69) is 45.3 Å². The van der Waals surface area contributed by atoms with Gasteiger partial charge in [-0.15, -0.1) is 0 Å². The number of benzene rings is 1. The molecule has 2 aromatic rings. The van der Waals surface area contributed by atoms with Gasteiger partial charge in [-0.1, -0.05) is 19.1 Å². The number of nitrogens with one attached hydrogen (secondary N) is 1. The van der Waals surface area contributed by atoms with Crippen LogP contribution in [0.3, 0.4) is 0 Å². The number of halogens is 1. The molecule has 0 atom stereocenters. The molecule has 0 fully saturated rings. The van der Waals surface area contributed by atoms with Crippen LogP contribution in [-0.4, -0.2) is 11.5 Å². The van der Waals surface area contributed by atoms with E-state index in [9.17, 15) is 0 Å². The summed E-state index contributed by atoms with van der Waals surface area (Å²) in [5.74, 6) is 0.879. The molecule has 0 bridgehead atoms. The van der Waals surface area contributed by atoms with Crippen LogP contribution in [0.25, 0.3) is 0 Å². The lowest BCUT2D eigenvalue weighted by Gasteiger charge is -2.08. The number of aromatic nitrogens is 1. The molecule has 0 saturated carbocycles.